The Labute approximate surface area is 236 Å². The number of aliphatic hydroxyl groups is 1. The number of aliphatic hydroxyl groups excluding tert-OH is 1. The number of primary amides is 1. The summed E-state index contributed by atoms with van der Waals surface area (Å²) in [6, 6.07) is 1.30. The Morgan fingerprint density at radius 1 is 1.27 bits per heavy atom. The van der Waals surface area contributed by atoms with E-state index in [4.69, 9.17) is 15.2 Å². The van der Waals surface area contributed by atoms with Crippen molar-refractivity contribution in [1.29, 1.82) is 0 Å². The van der Waals surface area contributed by atoms with Gasteiger partial charge in [0.25, 0.3) is 5.91 Å². The molecule has 10 nitrogen and oxygen atoms in total. The van der Waals surface area contributed by atoms with E-state index < -0.39 is 30.3 Å². The average Bonchev–Trinajstić information content (AvgIpc) is 2.90. The number of nitrogens with two attached hydrogens (primary N) is 1. The van der Waals surface area contributed by atoms with E-state index >= 15 is 0 Å². The first-order valence-electron chi connectivity index (χ1n) is 13.3. The first kappa shape index (κ1) is 32.5. The number of carbonyl (C=O) groups excluding carboxylic acids is 2. The Hall–Kier alpha value is -3.76. The fourth-order valence-corrected chi connectivity index (χ4v) is 4.62. The van der Waals surface area contributed by atoms with Gasteiger partial charge in [0.1, 0.15) is 17.6 Å². The molecule has 0 aromatic heterocycles. The SMILES string of the molecule is C=CCNc1c(O)cc2c(O)c1C[C@@H](C)CCC(O)[C@@H](C)/C=C(\C)C(OC(N)=O)C(OC)/C=C\C=C(/C)C(=O)N2. The summed E-state index contributed by atoms with van der Waals surface area (Å²) in [6.07, 6.45) is 6.44. The number of amides is 2. The summed E-state index contributed by atoms with van der Waals surface area (Å²) in [6.45, 7) is 11.3. The maximum Gasteiger partial charge on any atom is 0.405 e. The van der Waals surface area contributed by atoms with Gasteiger partial charge in [0.2, 0.25) is 0 Å². The molecule has 1 aromatic rings. The van der Waals surface area contributed by atoms with E-state index in [-0.39, 0.29) is 29.0 Å². The molecular formula is C30H43N3O7. The minimum absolute atomic E-state index is 0.00388. The monoisotopic (exact) mass is 557 g/mol. The highest BCUT2D eigenvalue weighted by molar-refractivity contribution is 6.04. The molecule has 40 heavy (non-hydrogen) atoms. The number of rotatable bonds is 5. The Morgan fingerprint density at radius 3 is 2.60 bits per heavy atom. The van der Waals surface area contributed by atoms with E-state index in [2.05, 4.69) is 17.2 Å². The maximum absolute atomic E-state index is 12.9. The molecule has 0 aliphatic carbocycles. The number of aromatic hydroxyl groups is 2. The number of benzene rings is 1. The Kier molecular flexibility index (Phi) is 12.3. The fourth-order valence-electron chi connectivity index (χ4n) is 4.62. The molecule has 5 atom stereocenters. The van der Waals surface area contributed by atoms with Crippen LogP contribution >= 0.6 is 0 Å². The summed E-state index contributed by atoms with van der Waals surface area (Å²) in [5.74, 6) is -1.03. The molecule has 1 heterocycles. The van der Waals surface area contributed by atoms with Gasteiger partial charge in [0, 0.05) is 36.8 Å². The van der Waals surface area contributed by atoms with Gasteiger partial charge in [-0.3, -0.25) is 4.79 Å². The van der Waals surface area contributed by atoms with E-state index in [1.54, 1.807) is 38.2 Å². The average molecular weight is 558 g/mol. The van der Waals surface area contributed by atoms with Gasteiger partial charge in [-0.15, -0.1) is 6.58 Å². The van der Waals surface area contributed by atoms with Gasteiger partial charge in [-0.1, -0.05) is 44.2 Å². The number of methoxy groups -OCH3 is 1. The number of carbonyl (C=O) groups is 2. The lowest BCUT2D eigenvalue weighted by Gasteiger charge is -2.26. The minimum atomic E-state index is -0.966. The van der Waals surface area contributed by atoms with Crippen LogP contribution in [0.25, 0.3) is 0 Å². The fraction of sp³-hybridized carbons (Fsp3) is 0.467. The summed E-state index contributed by atoms with van der Waals surface area (Å²) < 4.78 is 10.9. The second-order valence-corrected chi connectivity index (χ2v) is 10.3. The molecule has 3 unspecified atom stereocenters. The zero-order valence-corrected chi connectivity index (χ0v) is 23.9. The minimum Gasteiger partial charge on any atom is -0.506 e. The van der Waals surface area contributed by atoms with Crippen molar-refractivity contribution < 1.29 is 34.4 Å². The molecule has 7 N–H and O–H groups in total. The van der Waals surface area contributed by atoms with Crippen LogP contribution in [0.1, 0.15) is 46.1 Å². The van der Waals surface area contributed by atoms with Crippen molar-refractivity contribution >= 4 is 23.4 Å². The van der Waals surface area contributed by atoms with Crippen molar-refractivity contribution in [2.24, 2.45) is 17.6 Å². The number of nitrogens with one attached hydrogen (secondary N) is 2. The Balaban J connectivity index is 2.58. The van der Waals surface area contributed by atoms with Gasteiger partial charge in [-0.25, -0.2) is 4.79 Å². The van der Waals surface area contributed by atoms with Crippen molar-refractivity contribution in [3.63, 3.8) is 0 Å². The predicted molar refractivity (Wildman–Crippen MR) is 156 cm³/mol. The third-order valence-corrected chi connectivity index (χ3v) is 6.96. The second kappa shape index (κ2) is 15.1. The molecule has 220 valence electrons. The summed E-state index contributed by atoms with van der Waals surface area (Å²) in [5.41, 5.74) is 7.17. The predicted octanol–water partition coefficient (Wildman–Crippen LogP) is 4.53. The van der Waals surface area contributed by atoms with Crippen LogP contribution in [-0.4, -0.2) is 59.3 Å². The molecule has 0 saturated heterocycles. The number of fused-ring (bicyclic) bond motifs is 2. The van der Waals surface area contributed by atoms with Crippen LogP contribution < -0.4 is 16.4 Å². The second-order valence-electron chi connectivity index (χ2n) is 10.3. The third-order valence-electron chi connectivity index (χ3n) is 6.96. The van der Waals surface area contributed by atoms with Crippen LogP contribution in [0.4, 0.5) is 16.2 Å². The van der Waals surface area contributed by atoms with Crippen LogP contribution in [0.3, 0.4) is 0 Å². The number of hydrogen-bond donors (Lipinski definition) is 6. The number of hydrogen-bond acceptors (Lipinski definition) is 8. The molecule has 0 radical (unpaired) electrons. The molecule has 1 aliphatic heterocycles. The molecule has 1 aliphatic rings. The number of ether oxygens (including phenoxy) is 2. The zero-order valence-electron chi connectivity index (χ0n) is 23.9. The summed E-state index contributed by atoms with van der Waals surface area (Å²) in [5, 5.41) is 38.6. The zero-order chi connectivity index (χ0) is 30.0. The first-order valence-corrected chi connectivity index (χ1v) is 13.3. The van der Waals surface area contributed by atoms with Crippen LogP contribution in [0.15, 0.2) is 54.2 Å². The van der Waals surface area contributed by atoms with Gasteiger partial charge in [0.15, 0.2) is 6.10 Å². The smallest absolute Gasteiger partial charge is 0.405 e. The largest absolute Gasteiger partial charge is 0.506 e. The van der Waals surface area contributed by atoms with Gasteiger partial charge < -0.3 is 41.2 Å². The number of anilines is 2. The van der Waals surface area contributed by atoms with E-state index in [1.165, 1.54) is 13.2 Å². The van der Waals surface area contributed by atoms with Crippen LogP contribution in [0.2, 0.25) is 0 Å². The van der Waals surface area contributed by atoms with Gasteiger partial charge >= 0.3 is 6.09 Å². The van der Waals surface area contributed by atoms with E-state index in [9.17, 15) is 24.9 Å². The molecule has 0 spiro atoms. The summed E-state index contributed by atoms with van der Waals surface area (Å²) in [7, 11) is 1.46. The summed E-state index contributed by atoms with van der Waals surface area (Å²) in [4.78, 5) is 24.6. The Morgan fingerprint density at radius 2 is 1.98 bits per heavy atom. The standard InChI is InChI=1S/C30H43N3O7/c1-7-13-32-26-21-14-17(2)11-12-23(34)19(4)15-20(5)28(40-30(31)38)25(39-6)10-8-9-18(3)29(37)33-22(27(21)36)16-24(26)35/h7-10,15-17,19,23,25,28,32,34-36H,1,11-14H2,2-6H3,(H2,31,38)(H,33,37)/b10-8-,18-9+,20-15+/t17-,19-,23?,25?,28?/m0/s1. The quantitative estimate of drug-likeness (QED) is 0.175. The highest BCUT2D eigenvalue weighted by Gasteiger charge is 2.26. The van der Waals surface area contributed by atoms with E-state index in [1.807, 2.05) is 19.9 Å². The van der Waals surface area contributed by atoms with Gasteiger partial charge in [-0.05, 0) is 44.6 Å². The van der Waals surface area contributed by atoms with Crippen molar-refractivity contribution in [3.05, 3.63) is 59.7 Å². The molecule has 0 saturated carbocycles. The molecule has 2 bridgehead atoms. The number of phenols is 2. The van der Waals surface area contributed by atoms with Crippen molar-refractivity contribution in [2.75, 3.05) is 24.3 Å². The Bertz CT molecular complexity index is 1160. The van der Waals surface area contributed by atoms with Crippen molar-refractivity contribution in [3.8, 4) is 11.5 Å². The lowest BCUT2D eigenvalue weighted by Crippen LogP contribution is -2.35. The molecule has 2 rings (SSSR count). The van der Waals surface area contributed by atoms with Crippen molar-refractivity contribution in [2.45, 2.75) is 65.3 Å². The molecule has 0 fully saturated rings. The third kappa shape index (κ3) is 8.89. The number of phenolic OH excluding ortho intramolecular Hbond substituents is 2. The lowest BCUT2D eigenvalue weighted by atomic mass is 9.89. The highest BCUT2D eigenvalue weighted by atomic mass is 16.6. The van der Waals surface area contributed by atoms with E-state index in [0.29, 0.717) is 48.2 Å². The highest BCUT2D eigenvalue weighted by Crippen LogP contribution is 2.42. The molecule has 10 heteroatoms. The molecule has 1 aromatic carbocycles. The summed E-state index contributed by atoms with van der Waals surface area (Å²) >= 11 is 0. The van der Waals surface area contributed by atoms with Crippen LogP contribution in [-0.2, 0) is 20.7 Å². The van der Waals surface area contributed by atoms with Gasteiger partial charge in [-0.2, -0.15) is 0 Å². The van der Waals surface area contributed by atoms with Crippen molar-refractivity contribution in [1.82, 2.24) is 0 Å². The maximum atomic E-state index is 12.9. The molecular weight excluding hydrogens is 514 g/mol. The van der Waals surface area contributed by atoms with E-state index in [0.717, 1.165) is 0 Å². The van der Waals surface area contributed by atoms with Crippen LogP contribution in [0.5, 0.6) is 11.5 Å². The molecule has 2 amide bonds. The lowest BCUT2D eigenvalue weighted by molar-refractivity contribution is -0.112. The normalized spacial score (nSPS) is 28.2. The topological polar surface area (TPSA) is 163 Å². The van der Waals surface area contributed by atoms with Gasteiger partial charge in [0.05, 0.1) is 17.5 Å². The first-order chi connectivity index (χ1) is 18.9. The number of allylic oxidation sites excluding steroid dienone is 2. The van der Waals surface area contributed by atoms with Crippen LogP contribution in [0, 0.1) is 11.8 Å².